The monoisotopic (exact) mass is 371 g/mol. The average molecular weight is 371 g/mol. The van der Waals surface area contributed by atoms with Crippen LogP contribution in [-0.4, -0.2) is 40.2 Å². The Morgan fingerprint density at radius 2 is 2.04 bits per heavy atom. The van der Waals surface area contributed by atoms with Gasteiger partial charge in [-0.2, -0.15) is 0 Å². The second-order valence-corrected chi connectivity index (χ2v) is 7.23. The second-order valence-electron chi connectivity index (χ2n) is 7.23. The molecule has 2 aromatic carbocycles. The Morgan fingerprint density at radius 1 is 1.22 bits per heavy atom. The SMILES string of the molecule is O=C([C@H]1C[C@@H](O)c2ccccc2O1)N1CCCC(c2ccc(F)c(O)c2)C1. The number of carbonyl (C=O) groups excluding carboxylic acids is 1. The van der Waals surface area contributed by atoms with E-state index in [1.807, 2.05) is 12.1 Å². The summed E-state index contributed by atoms with van der Waals surface area (Å²) >= 11 is 0. The topological polar surface area (TPSA) is 70.0 Å². The number of aliphatic hydroxyl groups excluding tert-OH is 1. The maximum absolute atomic E-state index is 13.3. The van der Waals surface area contributed by atoms with E-state index in [1.54, 1.807) is 23.1 Å². The van der Waals surface area contributed by atoms with E-state index in [0.29, 0.717) is 24.4 Å². The van der Waals surface area contributed by atoms with Crippen LogP contribution in [0.5, 0.6) is 11.5 Å². The number of rotatable bonds is 2. The first-order valence-electron chi connectivity index (χ1n) is 9.24. The van der Waals surface area contributed by atoms with Gasteiger partial charge in [-0.05, 0) is 36.6 Å². The Bertz CT molecular complexity index is 856. The van der Waals surface area contributed by atoms with Gasteiger partial charge in [0, 0.05) is 31.0 Å². The zero-order valence-corrected chi connectivity index (χ0v) is 14.8. The highest BCUT2D eigenvalue weighted by atomic mass is 19.1. The number of ether oxygens (including phenoxy) is 1. The minimum atomic E-state index is -0.724. The number of para-hydroxylation sites is 1. The van der Waals surface area contributed by atoms with Gasteiger partial charge >= 0.3 is 0 Å². The standard InChI is InChI=1S/C21H22FNO4/c22-16-8-7-13(10-18(16)25)14-4-3-9-23(12-14)21(26)20-11-17(24)15-5-1-2-6-19(15)27-20/h1-2,5-8,10,14,17,20,24-25H,3-4,9,11-12H2/t14?,17-,20-/m1/s1. The summed E-state index contributed by atoms with van der Waals surface area (Å²) in [6.45, 7) is 1.11. The van der Waals surface area contributed by atoms with Crippen LogP contribution in [0.4, 0.5) is 4.39 Å². The van der Waals surface area contributed by atoms with Gasteiger partial charge in [-0.25, -0.2) is 4.39 Å². The number of hydrogen-bond acceptors (Lipinski definition) is 4. The van der Waals surface area contributed by atoms with Crippen molar-refractivity contribution in [1.82, 2.24) is 4.90 Å². The molecule has 2 aliphatic rings. The van der Waals surface area contributed by atoms with E-state index in [9.17, 15) is 19.4 Å². The van der Waals surface area contributed by atoms with Gasteiger partial charge in [-0.3, -0.25) is 4.79 Å². The van der Waals surface area contributed by atoms with Gasteiger partial charge in [0.25, 0.3) is 5.91 Å². The van der Waals surface area contributed by atoms with Crippen LogP contribution >= 0.6 is 0 Å². The van der Waals surface area contributed by atoms with Crippen molar-refractivity contribution >= 4 is 5.91 Å². The predicted molar refractivity (Wildman–Crippen MR) is 97.1 cm³/mol. The van der Waals surface area contributed by atoms with Gasteiger partial charge in [0.2, 0.25) is 0 Å². The number of halogens is 1. The quantitative estimate of drug-likeness (QED) is 0.851. The van der Waals surface area contributed by atoms with Crippen LogP contribution in [0.2, 0.25) is 0 Å². The molecular formula is C21H22FNO4. The molecule has 5 nitrogen and oxygen atoms in total. The highest BCUT2D eigenvalue weighted by molar-refractivity contribution is 5.82. The van der Waals surface area contributed by atoms with Crippen LogP contribution in [0.15, 0.2) is 42.5 Å². The van der Waals surface area contributed by atoms with Crippen molar-refractivity contribution < 1.29 is 24.1 Å². The molecule has 0 radical (unpaired) electrons. The summed E-state index contributed by atoms with van der Waals surface area (Å²) in [6, 6.07) is 11.6. The minimum absolute atomic E-state index is 0.0370. The fourth-order valence-electron chi connectivity index (χ4n) is 3.98. The Morgan fingerprint density at radius 3 is 2.85 bits per heavy atom. The lowest BCUT2D eigenvalue weighted by atomic mass is 9.89. The number of phenols is 1. The molecule has 4 rings (SSSR count). The van der Waals surface area contributed by atoms with E-state index in [1.165, 1.54) is 12.1 Å². The molecule has 6 heteroatoms. The lowest BCUT2D eigenvalue weighted by molar-refractivity contribution is -0.142. The van der Waals surface area contributed by atoms with Crippen LogP contribution in [0.1, 0.15) is 42.4 Å². The Balaban J connectivity index is 1.48. The van der Waals surface area contributed by atoms with Gasteiger partial charge < -0.3 is 19.8 Å². The number of carbonyl (C=O) groups is 1. The molecule has 1 saturated heterocycles. The van der Waals surface area contributed by atoms with Crippen LogP contribution in [0, 0.1) is 5.82 Å². The zero-order valence-electron chi connectivity index (χ0n) is 14.8. The molecule has 0 bridgehead atoms. The number of fused-ring (bicyclic) bond motifs is 1. The number of hydrogen-bond donors (Lipinski definition) is 2. The van der Waals surface area contributed by atoms with E-state index in [2.05, 4.69) is 0 Å². The molecule has 2 aromatic rings. The Kier molecular flexibility index (Phi) is 4.74. The Hall–Kier alpha value is -2.60. The second kappa shape index (κ2) is 7.19. The van der Waals surface area contributed by atoms with Gasteiger partial charge in [0.1, 0.15) is 5.75 Å². The summed E-state index contributed by atoms with van der Waals surface area (Å²) in [4.78, 5) is 14.7. The molecule has 1 amide bonds. The van der Waals surface area contributed by atoms with E-state index >= 15 is 0 Å². The molecule has 3 atom stereocenters. The van der Waals surface area contributed by atoms with Crippen molar-refractivity contribution in [2.75, 3.05) is 13.1 Å². The van der Waals surface area contributed by atoms with Crippen molar-refractivity contribution in [3.8, 4) is 11.5 Å². The molecule has 1 fully saturated rings. The smallest absolute Gasteiger partial charge is 0.263 e. The summed E-state index contributed by atoms with van der Waals surface area (Å²) < 4.78 is 19.2. The van der Waals surface area contributed by atoms with Gasteiger partial charge in [0.05, 0.1) is 6.10 Å². The molecule has 142 valence electrons. The fourth-order valence-corrected chi connectivity index (χ4v) is 3.98. The molecule has 2 heterocycles. The van der Waals surface area contributed by atoms with Crippen LogP contribution in [0.3, 0.4) is 0 Å². The normalized spacial score (nSPS) is 24.8. The van der Waals surface area contributed by atoms with Gasteiger partial charge in [0.15, 0.2) is 17.7 Å². The van der Waals surface area contributed by atoms with Crippen molar-refractivity contribution in [1.29, 1.82) is 0 Å². The molecule has 0 aromatic heterocycles. The van der Waals surface area contributed by atoms with Crippen molar-refractivity contribution in [2.24, 2.45) is 0 Å². The molecule has 0 saturated carbocycles. The highest BCUT2D eigenvalue weighted by Crippen LogP contribution is 2.36. The summed E-state index contributed by atoms with van der Waals surface area (Å²) in [7, 11) is 0. The fraction of sp³-hybridized carbons (Fsp3) is 0.381. The molecule has 2 aliphatic heterocycles. The molecule has 0 aliphatic carbocycles. The van der Waals surface area contributed by atoms with E-state index in [-0.39, 0.29) is 24.0 Å². The van der Waals surface area contributed by atoms with Crippen LogP contribution in [0.25, 0.3) is 0 Å². The predicted octanol–water partition coefficient (Wildman–Crippen LogP) is 3.12. The van der Waals surface area contributed by atoms with E-state index in [4.69, 9.17) is 4.74 Å². The van der Waals surface area contributed by atoms with Crippen molar-refractivity contribution in [3.63, 3.8) is 0 Å². The first-order valence-corrected chi connectivity index (χ1v) is 9.24. The van der Waals surface area contributed by atoms with Gasteiger partial charge in [-0.15, -0.1) is 0 Å². The lowest BCUT2D eigenvalue weighted by Gasteiger charge is -2.37. The summed E-state index contributed by atoms with van der Waals surface area (Å²) in [5, 5.41) is 20.0. The average Bonchev–Trinajstić information content (AvgIpc) is 2.69. The number of nitrogens with zero attached hydrogens (tertiary/aromatic N) is 1. The summed E-state index contributed by atoms with van der Waals surface area (Å²) in [6.07, 6.45) is 0.481. The Labute approximate surface area is 157 Å². The molecule has 0 spiro atoms. The van der Waals surface area contributed by atoms with Crippen molar-refractivity contribution in [3.05, 3.63) is 59.4 Å². The number of amides is 1. The van der Waals surface area contributed by atoms with Gasteiger partial charge in [-0.1, -0.05) is 24.3 Å². The molecule has 2 N–H and O–H groups in total. The number of aromatic hydroxyl groups is 1. The molecule has 1 unspecified atom stereocenters. The first kappa shape index (κ1) is 17.8. The number of piperidine rings is 1. The number of benzene rings is 2. The van der Waals surface area contributed by atoms with E-state index in [0.717, 1.165) is 18.4 Å². The molecular weight excluding hydrogens is 349 g/mol. The zero-order chi connectivity index (χ0) is 19.0. The maximum Gasteiger partial charge on any atom is 0.263 e. The minimum Gasteiger partial charge on any atom is -0.505 e. The largest absolute Gasteiger partial charge is 0.505 e. The van der Waals surface area contributed by atoms with Crippen LogP contribution < -0.4 is 4.74 Å². The molecule has 27 heavy (non-hydrogen) atoms. The summed E-state index contributed by atoms with van der Waals surface area (Å²) in [5.41, 5.74) is 1.53. The first-order chi connectivity index (χ1) is 13.0. The lowest BCUT2D eigenvalue weighted by Crippen LogP contribution is -2.47. The number of aliphatic hydroxyl groups is 1. The number of phenolic OH excluding ortho intramolecular Hbond substituents is 1. The maximum atomic E-state index is 13.3. The third-order valence-electron chi connectivity index (χ3n) is 5.43. The summed E-state index contributed by atoms with van der Waals surface area (Å²) in [5.74, 6) is -0.571. The third-order valence-corrected chi connectivity index (χ3v) is 5.43. The number of likely N-dealkylation sites (tertiary alicyclic amines) is 1. The highest BCUT2D eigenvalue weighted by Gasteiger charge is 2.36. The third kappa shape index (κ3) is 3.49. The van der Waals surface area contributed by atoms with E-state index < -0.39 is 18.0 Å². The van der Waals surface area contributed by atoms with Crippen LogP contribution in [-0.2, 0) is 4.79 Å². The van der Waals surface area contributed by atoms with Crippen molar-refractivity contribution in [2.45, 2.75) is 37.4 Å².